The molecule has 0 spiro atoms. The van der Waals surface area contributed by atoms with Crippen LogP contribution < -0.4 is 0 Å². The SMILES string of the molecule is O=C(O)c1cnc2cc(I)ccc2c1O. The van der Waals surface area contributed by atoms with E-state index in [4.69, 9.17) is 5.11 Å². The highest BCUT2D eigenvalue weighted by molar-refractivity contribution is 14.1. The van der Waals surface area contributed by atoms with E-state index in [-0.39, 0.29) is 11.3 Å². The van der Waals surface area contributed by atoms with E-state index in [2.05, 4.69) is 27.6 Å². The summed E-state index contributed by atoms with van der Waals surface area (Å²) in [6.45, 7) is 0. The van der Waals surface area contributed by atoms with Gasteiger partial charge in [0.15, 0.2) is 0 Å². The van der Waals surface area contributed by atoms with Gasteiger partial charge in [0, 0.05) is 15.2 Å². The number of aromatic nitrogens is 1. The second-order valence-corrected chi connectivity index (χ2v) is 4.23. The molecule has 0 unspecified atom stereocenters. The number of benzene rings is 1. The van der Waals surface area contributed by atoms with Crippen LogP contribution in [0.4, 0.5) is 0 Å². The van der Waals surface area contributed by atoms with Crippen molar-refractivity contribution >= 4 is 39.5 Å². The Balaban J connectivity index is 2.80. The minimum atomic E-state index is -1.18. The zero-order valence-electron chi connectivity index (χ0n) is 7.44. The summed E-state index contributed by atoms with van der Waals surface area (Å²) in [7, 11) is 0. The minimum absolute atomic E-state index is 0.177. The molecule has 5 heteroatoms. The van der Waals surface area contributed by atoms with Gasteiger partial charge in [-0.15, -0.1) is 0 Å². The third-order valence-electron chi connectivity index (χ3n) is 2.03. The number of hydrogen-bond acceptors (Lipinski definition) is 3. The predicted octanol–water partition coefficient (Wildman–Crippen LogP) is 2.24. The smallest absolute Gasteiger partial charge is 0.341 e. The van der Waals surface area contributed by atoms with Crippen molar-refractivity contribution in [3.05, 3.63) is 33.5 Å². The maximum absolute atomic E-state index is 10.7. The summed E-state index contributed by atoms with van der Waals surface area (Å²) in [5, 5.41) is 18.9. The van der Waals surface area contributed by atoms with Crippen LogP contribution in [0.1, 0.15) is 10.4 Å². The average Bonchev–Trinajstić information content (AvgIpc) is 2.17. The molecule has 1 aromatic heterocycles. The Bertz CT molecular complexity index is 554. The second-order valence-electron chi connectivity index (χ2n) is 2.99. The Labute approximate surface area is 98.7 Å². The van der Waals surface area contributed by atoms with Crippen molar-refractivity contribution in [2.75, 3.05) is 0 Å². The second kappa shape index (κ2) is 3.65. The molecule has 0 saturated heterocycles. The third kappa shape index (κ3) is 1.74. The van der Waals surface area contributed by atoms with Crippen molar-refractivity contribution in [1.29, 1.82) is 0 Å². The molecule has 76 valence electrons. The van der Waals surface area contributed by atoms with E-state index in [9.17, 15) is 9.90 Å². The first-order valence-electron chi connectivity index (χ1n) is 4.10. The first kappa shape index (κ1) is 10.2. The zero-order chi connectivity index (χ0) is 11.0. The highest BCUT2D eigenvalue weighted by Crippen LogP contribution is 2.27. The quantitative estimate of drug-likeness (QED) is 0.792. The van der Waals surface area contributed by atoms with Gasteiger partial charge in [0.2, 0.25) is 0 Å². The normalized spacial score (nSPS) is 10.5. The number of carboxylic acids is 1. The van der Waals surface area contributed by atoms with Gasteiger partial charge in [-0.05, 0) is 40.8 Å². The van der Waals surface area contributed by atoms with Crippen LogP contribution in [-0.2, 0) is 0 Å². The summed E-state index contributed by atoms with van der Waals surface area (Å²) in [5.74, 6) is -1.41. The van der Waals surface area contributed by atoms with Crippen LogP contribution in [0.3, 0.4) is 0 Å². The van der Waals surface area contributed by atoms with Crippen molar-refractivity contribution in [1.82, 2.24) is 4.98 Å². The van der Waals surface area contributed by atoms with Gasteiger partial charge < -0.3 is 10.2 Å². The highest BCUT2D eigenvalue weighted by Gasteiger charge is 2.13. The Morgan fingerprint density at radius 3 is 2.80 bits per heavy atom. The molecule has 2 aromatic rings. The Hall–Kier alpha value is -1.37. The van der Waals surface area contributed by atoms with Crippen LogP contribution >= 0.6 is 22.6 Å². The first-order valence-corrected chi connectivity index (χ1v) is 5.18. The van der Waals surface area contributed by atoms with Crippen molar-refractivity contribution in [3.63, 3.8) is 0 Å². The fraction of sp³-hybridized carbons (Fsp3) is 0. The fourth-order valence-electron chi connectivity index (χ4n) is 1.31. The van der Waals surface area contributed by atoms with Crippen molar-refractivity contribution in [3.8, 4) is 5.75 Å². The first-order chi connectivity index (χ1) is 7.09. The third-order valence-corrected chi connectivity index (χ3v) is 2.70. The van der Waals surface area contributed by atoms with E-state index in [0.717, 1.165) is 9.77 Å². The number of nitrogens with zero attached hydrogens (tertiary/aromatic N) is 1. The summed E-state index contributed by atoms with van der Waals surface area (Å²) in [4.78, 5) is 14.7. The summed E-state index contributed by atoms with van der Waals surface area (Å²) in [6.07, 6.45) is 1.16. The number of halogens is 1. The number of fused-ring (bicyclic) bond motifs is 1. The van der Waals surface area contributed by atoms with E-state index in [0.29, 0.717) is 10.9 Å². The molecule has 0 aliphatic rings. The molecule has 4 nitrogen and oxygen atoms in total. The summed E-state index contributed by atoms with van der Waals surface area (Å²) < 4.78 is 0.982. The van der Waals surface area contributed by atoms with Gasteiger partial charge in [-0.25, -0.2) is 4.79 Å². The van der Waals surface area contributed by atoms with E-state index >= 15 is 0 Å². The number of carboxylic acid groups (broad SMARTS) is 1. The molecule has 1 aromatic carbocycles. The maximum Gasteiger partial charge on any atom is 0.341 e. The lowest BCUT2D eigenvalue weighted by atomic mass is 10.1. The molecule has 2 rings (SSSR count). The molecule has 0 bridgehead atoms. The van der Waals surface area contributed by atoms with Gasteiger partial charge in [0.1, 0.15) is 11.3 Å². The maximum atomic E-state index is 10.7. The van der Waals surface area contributed by atoms with Crippen molar-refractivity contribution < 1.29 is 15.0 Å². The standard InChI is InChI=1S/C10H6INO3/c11-5-1-2-6-8(3-5)12-4-7(9(6)13)10(14)15/h1-4H,(H,12,13)(H,14,15). The highest BCUT2D eigenvalue weighted by atomic mass is 127. The lowest BCUT2D eigenvalue weighted by molar-refractivity contribution is 0.0693. The van der Waals surface area contributed by atoms with Gasteiger partial charge in [-0.1, -0.05) is 0 Å². The van der Waals surface area contributed by atoms with E-state index < -0.39 is 5.97 Å². The number of rotatable bonds is 1. The molecule has 0 aliphatic heterocycles. The molecule has 0 atom stereocenters. The fourth-order valence-corrected chi connectivity index (χ4v) is 1.78. The van der Waals surface area contributed by atoms with Gasteiger partial charge in [-0.3, -0.25) is 4.98 Å². The van der Waals surface area contributed by atoms with Crippen LogP contribution in [0.15, 0.2) is 24.4 Å². The summed E-state index contributed by atoms with van der Waals surface area (Å²) in [5.41, 5.74) is 0.410. The molecule has 0 amide bonds. The van der Waals surface area contributed by atoms with Crippen molar-refractivity contribution in [2.45, 2.75) is 0 Å². The van der Waals surface area contributed by atoms with Crippen LogP contribution in [0.2, 0.25) is 0 Å². The topological polar surface area (TPSA) is 70.4 Å². The number of aromatic hydroxyl groups is 1. The number of carbonyl (C=O) groups is 1. The van der Waals surface area contributed by atoms with Gasteiger partial charge >= 0.3 is 5.97 Å². The molecule has 0 aliphatic carbocycles. The Kier molecular flexibility index (Phi) is 2.47. The predicted molar refractivity (Wildman–Crippen MR) is 63.1 cm³/mol. The molecular weight excluding hydrogens is 309 g/mol. The van der Waals surface area contributed by atoms with Crippen LogP contribution in [-0.4, -0.2) is 21.2 Å². The lowest BCUT2D eigenvalue weighted by Crippen LogP contribution is -1.98. The summed E-state index contributed by atoms with van der Waals surface area (Å²) in [6, 6.07) is 5.23. The molecule has 1 heterocycles. The van der Waals surface area contributed by atoms with Crippen LogP contribution in [0.25, 0.3) is 10.9 Å². The van der Waals surface area contributed by atoms with Gasteiger partial charge in [-0.2, -0.15) is 0 Å². The number of hydrogen-bond donors (Lipinski definition) is 2. The summed E-state index contributed by atoms with van der Waals surface area (Å²) >= 11 is 2.12. The van der Waals surface area contributed by atoms with E-state index in [1.807, 2.05) is 0 Å². The van der Waals surface area contributed by atoms with E-state index in [1.54, 1.807) is 18.2 Å². The minimum Gasteiger partial charge on any atom is -0.506 e. The molecule has 0 radical (unpaired) electrons. The molecule has 0 fully saturated rings. The average molecular weight is 315 g/mol. The van der Waals surface area contributed by atoms with Gasteiger partial charge in [0.25, 0.3) is 0 Å². The van der Waals surface area contributed by atoms with E-state index in [1.165, 1.54) is 0 Å². The van der Waals surface area contributed by atoms with Crippen molar-refractivity contribution in [2.24, 2.45) is 0 Å². The van der Waals surface area contributed by atoms with Crippen LogP contribution in [0, 0.1) is 3.57 Å². The largest absolute Gasteiger partial charge is 0.506 e. The number of aromatic carboxylic acids is 1. The zero-order valence-corrected chi connectivity index (χ0v) is 9.59. The number of pyridine rings is 1. The Morgan fingerprint density at radius 1 is 1.40 bits per heavy atom. The van der Waals surface area contributed by atoms with Crippen LogP contribution in [0.5, 0.6) is 5.75 Å². The van der Waals surface area contributed by atoms with Gasteiger partial charge in [0.05, 0.1) is 5.52 Å². The Morgan fingerprint density at radius 2 is 2.13 bits per heavy atom. The molecule has 2 N–H and O–H groups in total. The molecular formula is C10H6INO3. The monoisotopic (exact) mass is 315 g/mol. The lowest BCUT2D eigenvalue weighted by Gasteiger charge is -2.03. The molecule has 0 saturated carbocycles. The molecule has 15 heavy (non-hydrogen) atoms.